The highest BCUT2D eigenvalue weighted by Crippen LogP contribution is 2.26. The Morgan fingerprint density at radius 1 is 1.26 bits per heavy atom. The van der Waals surface area contributed by atoms with Gasteiger partial charge in [-0.25, -0.2) is 0 Å². The Kier molecular flexibility index (Phi) is 5.93. The molecule has 0 bridgehead atoms. The van der Waals surface area contributed by atoms with Crippen LogP contribution in [-0.2, 0) is 4.79 Å². The van der Waals surface area contributed by atoms with Crippen molar-refractivity contribution in [2.45, 2.75) is 19.8 Å². The van der Waals surface area contributed by atoms with Crippen molar-refractivity contribution in [1.82, 2.24) is 0 Å². The van der Waals surface area contributed by atoms with Gasteiger partial charge in [0, 0.05) is 11.3 Å². The average molecular weight is 376 g/mol. The van der Waals surface area contributed by atoms with E-state index in [2.05, 4.69) is 35.1 Å². The van der Waals surface area contributed by atoms with Crippen LogP contribution in [0.5, 0.6) is 5.75 Å². The molecule has 0 saturated heterocycles. The van der Waals surface area contributed by atoms with Gasteiger partial charge in [0.25, 0.3) is 5.91 Å². The van der Waals surface area contributed by atoms with Crippen molar-refractivity contribution in [3.8, 4) is 5.75 Å². The molecule has 120 valence electrons. The topological polar surface area (TPSA) is 55.4 Å². The lowest BCUT2D eigenvalue weighted by atomic mass is 10.0. The first-order valence-corrected chi connectivity index (χ1v) is 8.07. The van der Waals surface area contributed by atoms with Crippen LogP contribution in [0.15, 0.2) is 46.9 Å². The molecule has 0 aliphatic rings. The fourth-order valence-corrected chi connectivity index (χ4v) is 2.66. The van der Waals surface area contributed by atoms with E-state index in [1.165, 1.54) is 0 Å². The second-order valence-electron chi connectivity index (χ2n) is 5.39. The summed E-state index contributed by atoms with van der Waals surface area (Å²) in [6.45, 7) is 4.05. The molecule has 0 radical (unpaired) electrons. The van der Waals surface area contributed by atoms with Gasteiger partial charge in [0.05, 0.1) is 4.47 Å². The van der Waals surface area contributed by atoms with Gasteiger partial charge in [0.15, 0.2) is 6.61 Å². The summed E-state index contributed by atoms with van der Waals surface area (Å²) in [5.74, 6) is 0.602. The molecule has 2 aromatic rings. The lowest BCUT2D eigenvalue weighted by Gasteiger charge is -2.14. The maximum Gasteiger partial charge on any atom is 0.262 e. The summed E-state index contributed by atoms with van der Waals surface area (Å²) in [6.07, 6.45) is 0.754. The predicted molar refractivity (Wildman–Crippen MR) is 94.2 cm³/mol. The van der Waals surface area contributed by atoms with Crippen molar-refractivity contribution in [1.29, 1.82) is 0 Å². The summed E-state index contributed by atoms with van der Waals surface area (Å²) in [6, 6.07) is 12.7. The molecule has 0 heterocycles. The number of nitrogens with one attached hydrogen (secondary N) is 1. The Morgan fingerprint density at radius 3 is 2.65 bits per heavy atom. The number of ether oxygens (including phenoxy) is 1. The lowest BCUT2D eigenvalue weighted by Crippen LogP contribution is -2.21. The van der Waals surface area contributed by atoms with Crippen LogP contribution in [-0.4, -0.2) is 18.8 Å². The molecule has 0 aliphatic carbocycles. The van der Waals surface area contributed by atoms with Gasteiger partial charge >= 0.3 is 0 Å². The lowest BCUT2D eigenvalue weighted by molar-refractivity contribution is -0.118. The third-order valence-electron chi connectivity index (χ3n) is 3.31. The fraction of sp³-hybridized carbons (Fsp3) is 0.222. The van der Waals surface area contributed by atoms with Crippen LogP contribution in [0.4, 0.5) is 5.69 Å². The second kappa shape index (κ2) is 7.92. The minimum atomic E-state index is -0.232. The zero-order valence-corrected chi connectivity index (χ0v) is 14.6. The molecule has 23 heavy (non-hydrogen) atoms. The first-order chi connectivity index (χ1) is 11.0. The molecule has 0 saturated carbocycles. The molecule has 2 aromatic carbocycles. The molecule has 0 fully saturated rings. The molecular weight excluding hydrogens is 358 g/mol. The number of para-hydroxylation sites is 1. The molecule has 2 rings (SSSR count). The van der Waals surface area contributed by atoms with E-state index < -0.39 is 0 Å². The molecule has 0 aliphatic heterocycles. The monoisotopic (exact) mass is 375 g/mol. The summed E-state index contributed by atoms with van der Waals surface area (Å²) in [5, 5.41) is 2.87. The first kappa shape index (κ1) is 17.2. The van der Waals surface area contributed by atoms with Crippen molar-refractivity contribution in [3.63, 3.8) is 0 Å². The Bertz CT molecular complexity index is 713. The van der Waals surface area contributed by atoms with Gasteiger partial charge in [-0.3, -0.25) is 9.59 Å². The molecule has 0 aromatic heterocycles. The summed E-state index contributed by atoms with van der Waals surface area (Å²) >= 11 is 3.32. The Balaban J connectivity index is 2.00. The van der Waals surface area contributed by atoms with Gasteiger partial charge in [-0.2, -0.15) is 0 Å². The molecule has 0 unspecified atom stereocenters. The number of carbonyl (C=O) groups excluding carboxylic acids is 2. The average Bonchev–Trinajstić information content (AvgIpc) is 2.54. The minimum absolute atomic E-state index is 0.106. The van der Waals surface area contributed by atoms with Crippen molar-refractivity contribution in [2.75, 3.05) is 11.9 Å². The summed E-state index contributed by atoms with van der Waals surface area (Å²) in [4.78, 5) is 22.8. The predicted octanol–water partition coefficient (Wildman–Crippen LogP) is 4.40. The number of amides is 1. The molecule has 4 nitrogen and oxygen atoms in total. The van der Waals surface area contributed by atoms with Gasteiger partial charge in [-0.05, 0) is 51.7 Å². The van der Waals surface area contributed by atoms with E-state index in [0.29, 0.717) is 21.7 Å². The number of benzene rings is 2. The summed E-state index contributed by atoms with van der Waals surface area (Å²) in [5.41, 5.74) is 2.42. The van der Waals surface area contributed by atoms with Crippen molar-refractivity contribution < 1.29 is 14.3 Å². The van der Waals surface area contributed by atoms with E-state index in [1.54, 1.807) is 18.2 Å². The third kappa shape index (κ3) is 4.66. The quantitative estimate of drug-likeness (QED) is 0.761. The standard InChI is InChI=1S/C18H18BrNO3/c1-12(2)14-5-3-4-6-16(14)20-18(22)11-23-17-8-7-13(10-21)9-15(17)19/h3-10,12H,11H2,1-2H3,(H,20,22). The van der Waals surface area contributed by atoms with Gasteiger partial charge in [0.2, 0.25) is 0 Å². The Hall–Kier alpha value is -2.14. The number of halogens is 1. The minimum Gasteiger partial charge on any atom is -0.483 e. The van der Waals surface area contributed by atoms with Crippen molar-refractivity contribution in [2.24, 2.45) is 0 Å². The van der Waals surface area contributed by atoms with E-state index in [9.17, 15) is 9.59 Å². The number of carbonyl (C=O) groups is 2. The van der Waals surface area contributed by atoms with E-state index in [0.717, 1.165) is 17.5 Å². The number of rotatable bonds is 6. The van der Waals surface area contributed by atoms with Crippen LogP contribution >= 0.6 is 15.9 Å². The van der Waals surface area contributed by atoms with E-state index >= 15 is 0 Å². The molecule has 5 heteroatoms. The molecular formula is C18H18BrNO3. The van der Waals surface area contributed by atoms with E-state index in [1.807, 2.05) is 24.3 Å². The van der Waals surface area contributed by atoms with Gasteiger partial charge in [-0.15, -0.1) is 0 Å². The van der Waals surface area contributed by atoms with Crippen LogP contribution in [0, 0.1) is 0 Å². The van der Waals surface area contributed by atoms with Crippen molar-refractivity contribution in [3.05, 3.63) is 58.1 Å². The Morgan fingerprint density at radius 2 is 2.00 bits per heavy atom. The zero-order valence-electron chi connectivity index (χ0n) is 13.0. The van der Waals surface area contributed by atoms with Gasteiger partial charge < -0.3 is 10.1 Å². The van der Waals surface area contributed by atoms with Gasteiger partial charge in [0.1, 0.15) is 12.0 Å². The van der Waals surface area contributed by atoms with Crippen molar-refractivity contribution >= 4 is 33.8 Å². The molecule has 0 atom stereocenters. The highest BCUT2D eigenvalue weighted by molar-refractivity contribution is 9.10. The SMILES string of the molecule is CC(C)c1ccccc1NC(=O)COc1ccc(C=O)cc1Br. The van der Waals surface area contributed by atoms with Crippen LogP contribution < -0.4 is 10.1 Å². The molecule has 0 spiro atoms. The highest BCUT2D eigenvalue weighted by Gasteiger charge is 2.10. The van der Waals surface area contributed by atoms with E-state index in [4.69, 9.17) is 4.74 Å². The normalized spacial score (nSPS) is 10.4. The largest absolute Gasteiger partial charge is 0.483 e. The number of hydrogen-bond acceptors (Lipinski definition) is 3. The third-order valence-corrected chi connectivity index (χ3v) is 3.93. The molecule has 1 N–H and O–H groups in total. The fourth-order valence-electron chi connectivity index (χ4n) is 2.15. The Labute approximate surface area is 144 Å². The molecule has 1 amide bonds. The van der Waals surface area contributed by atoms with Crippen LogP contribution in [0.3, 0.4) is 0 Å². The summed E-state index contributed by atoms with van der Waals surface area (Å²) in [7, 11) is 0. The number of hydrogen-bond donors (Lipinski definition) is 1. The van der Waals surface area contributed by atoms with Crippen LogP contribution in [0.1, 0.15) is 35.7 Å². The van der Waals surface area contributed by atoms with Gasteiger partial charge in [-0.1, -0.05) is 32.0 Å². The number of aldehydes is 1. The number of anilines is 1. The smallest absolute Gasteiger partial charge is 0.262 e. The first-order valence-electron chi connectivity index (χ1n) is 7.27. The van der Waals surface area contributed by atoms with E-state index in [-0.39, 0.29) is 12.5 Å². The van der Waals surface area contributed by atoms with Crippen LogP contribution in [0.2, 0.25) is 0 Å². The van der Waals surface area contributed by atoms with Crippen LogP contribution in [0.25, 0.3) is 0 Å². The summed E-state index contributed by atoms with van der Waals surface area (Å²) < 4.78 is 6.13. The second-order valence-corrected chi connectivity index (χ2v) is 6.24. The maximum atomic E-state index is 12.1. The maximum absolute atomic E-state index is 12.1. The highest BCUT2D eigenvalue weighted by atomic mass is 79.9. The zero-order chi connectivity index (χ0) is 16.8.